The van der Waals surface area contributed by atoms with Gasteiger partial charge in [0.2, 0.25) is 5.95 Å². The lowest BCUT2D eigenvalue weighted by atomic mass is 10.1. The SMILES string of the molecule is O=Cc1nc(F)cc(CCl)c1C(F)F. The lowest BCUT2D eigenvalue weighted by Crippen LogP contribution is -2.04. The zero-order chi connectivity index (χ0) is 10.7. The van der Waals surface area contributed by atoms with Gasteiger partial charge in [-0.3, -0.25) is 4.79 Å². The zero-order valence-electron chi connectivity index (χ0n) is 6.81. The quantitative estimate of drug-likeness (QED) is 0.448. The largest absolute Gasteiger partial charge is 0.296 e. The highest BCUT2D eigenvalue weighted by molar-refractivity contribution is 6.17. The topological polar surface area (TPSA) is 30.0 Å². The molecule has 0 aliphatic rings. The normalized spacial score (nSPS) is 10.6. The Labute approximate surface area is 82.7 Å². The molecule has 0 bridgehead atoms. The maximum Gasteiger partial charge on any atom is 0.266 e. The summed E-state index contributed by atoms with van der Waals surface area (Å²) in [5.74, 6) is -1.29. The van der Waals surface area contributed by atoms with Crippen LogP contribution in [0, 0.1) is 5.95 Å². The molecule has 0 N–H and O–H groups in total. The molecule has 1 heterocycles. The van der Waals surface area contributed by atoms with E-state index in [4.69, 9.17) is 11.6 Å². The third-order valence-electron chi connectivity index (χ3n) is 1.62. The number of hydrogen-bond donors (Lipinski definition) is 0. The third kappa shape index (κ3) is 2.04. The van der Waals surface area contributed by atoms with E-state index in [1.165, 1.54) is 0 Å². The van der Waals surface area contributed by atoms with Gasteiger partial charge < -0.3 is 0 Å². The number of alkyl halides is 3. The Balaban J connectivity index is 3.40. The lowest BCUT2D eigenvalue weighted by molar-refractivity contribution is 0.110. The molecule has 0 spiro atoms. The summed E-state index contributed by atoms with van der Waals surface area (Å²) in [6.07, 6.45) is -2.81. The second-order valence-corrected chi connectivity index (χ2v) is 2.72. The summed E-state index contributed by atoms with van der Waals surface area (Å²) in [6.45, 7) is 0. The molecule has 76 valence electrons. The van der Waals surface area contributed by atoms with Gasteiger partial charge in [0.25, 0.3) is 6.43 Å². The minimum Gasteiger partial charge on any atom is -0.296 e. The van der Waals surface area contributed by atoms with Crippen molar-refractivity contribution in [3.63, 3.8) is 0 Å². The van der Waals surface area contributed by atoms with E-state index in [0.717, 1.165) is 6.07 Å². The van der Waals surface area contributed by atoms with Crippen molar-refractivity contribution in [2.75, 3.05) is 0 Å². The van der Waals surface area contributed by atoms with E-state index in [-0.39, 0.29) is 17.7 Å². The van der Waals surface area contributed by atoms with Gasteiger partial charge >= 0.3 is 0 Å². The minimum atomic E-state index is -2.89. The molecular weight excluding hydrogens is 219 g/mol. The molecule has 1 aromatic rings. The maximum absolute atomic E-state index is 12.7. The molecule has 0 fully saturated rings. The van der Waals surface area contributed by atoms with Gasteiger partial charge in [-0.25, -0.2) is 13.8 Å². The molecule has 0 aromatic carbocycles. The predicted molar refractivity (Wildman–Crippen MR) is 44.1 cm³/mol. The molecule has 0 saturated heterocycles. The zero-order valence-corrected chi connectivity index (χ0v) is 7.56. The Morgan fingerprint density at radius 2 is 2.21 bits per heavy atom. The Morgan fingerprint density at radius 1 is 1.57 bits per heavy atom. The molecule has 0 unspecified atom stereocenters. The van der Waals surface area contributed by atoms with E-state index in [1.807, 2.05) is 0 Å². The molecular formula is C8H5ClF3NO. The van der Waals surface area contributed by atoms with Crippen molar-refractivity contribution in [2.45, 2.75) is 12.3 Å². The Bertz CT molecular complexity index is 357. The number of rotatable bonds is 3. The molecule has 1 aromatic heterocycles. The number of carbonyl (C=O) groups is 1. The molecule has 14 heavy (non-hydrogen) atoms. The molecule has 1 rings (SSSR count). The van der Waals surface area contributed by atoms with Crippen LogP contribution in [0.25, 0.3) is 0 Å². The molecule has 0 aliphatic carbocycles. The Hall–Kier alpha value is -1.10. The van der Waals surface area contributed by atoms with Gasteiger partial charge in [0, 0.05) is 5.88 Å². The van der Waals surface area contributed by atoms with Crippen LogP contribution in [0.2, 0.25) is 0 Å². The van der Waals surface area contributed by atoms with Crippen molar-refractivity contribution in [3.05, 3.63) is 28.8 Å². The van der Waals surface area contributed by atoms with Gasteiger partial charge in [-0.15, -0.1) is 11.6 Å². The second kappa shape index (κ2) is 4.41. The number of nitrogens with zero attached hydrogens (tertiary/aromatic N) is 1. The molecule has 0 aliphatic heterocycles. The van der Waals surface area contributed by atoms with Crippen molar-refractivity contribution >= 4 is 17.9 Å². The predicted octanol–water partition coefficient (Wildman–Crippen LogP) is 2.71. The van der Waals surface area contributed by atoms with Crippen LogP contribution < -0.4 is 0 Å². The molecule has 0 atom stereocenters. The van der Waals surface area contributed by atoms with Crippen molar-refractivity contribution in [2.24, 2.45) is 0 Å². The van der Waals surface area contributed by atoms with Gasteiger partial charge in [0.15, 0.2) is 6.29 Å². The fraction of sp³-hybridized carbons (Fsp3) is 0.250. The highest BCUT2D eigenvalue weighted by Crippen LogP contribution is 2.26. The monoisotopic (exact) mass is 223 g/mol. The first kappa shape index (κ1) is 11.0. The van der Waals surface area contributed by atoms with Crippen LogP contribution in [-0.4, -0.2) is 11.3 Å². The summed E-state index contributed by atoms with van der Waals surface area (Å²) in [4.78, 5) is 13.4. The van der Waals surface area contributed by atoms with E-state index >= 15 is 0 Å². The first-order chi connectivity index (χ1) is 6.60. The summed E-state index contributed by atoms with van der Waals surface area (Å²) in [7, 11) is 0. The summed E-state index contributed by atoms with van der Waals surface area (Å²) in [5.41, 5.74) is -1.32. The van der Waals surface area contributed by atoms with Crippen LogP contribution in [-0.2, 0) is 5.88 Å². The van der Waals surface area contributed by atoms with E-state index in [9.17, 15) is 18.0 Å². The van der Waals surface area contributed by atoms with Gasteiger partial charge in [0.05, 0.1) is 5.56 Å². The summed E-state index contributed by atoms with van der Waals surface area (Å²) in [5, 5.41) is 0. The van der Waals surface area contributed by atoms with E-state index in [2.05, 4.69) is 4.98 Å². The van der Waals surface area contributed by atoms with Crippen LogP contribution in [0.5, 0.6) is 0 Å². The van der Waals surface area contributed by atoms with Crippen LogP contribution in [0.4, 0.5) is 13.2 Å². The Kier molecular flexibility index (Phi) is 3.46. The van der Waals surface area contributed by atoms with Crippen LogP contribution >= 0.6 is 11.6 Å². The van der Waals surface area contributed by atoms with Gasteiger partial charge in [-0.2, -0.15) is 4.39 Å². The highest BCUT2D eigenvalue weighted by atomic mass is 35.5. The molecule has 2 nitrogen and oxygen atoms in total. The van der Waals surface area contributed by atoms with Crippen LogP contribution in [0.1, 0.15) is 28.0 Å². The van der Waals surface area contributed by atoms with Crippen molar-refractivity contribution < 1.29 is 18.0 Å². The summed E-state index contributed by atoms with van der Waals surface area (Å²) >= 11 is 5.33. The van der Waals surface area contributed by atoms with E-state index in [0.29, 0.717) is 0 Å². The molecule has 0 amide bonds. The van der Waals surface area contributed by atoms with Gasteiger partial charge in [-0.05, 0) is 11.6 Å². The van der Waals surface area contributed by atoms with Gasteiger partial charge in [-0.1, -0.05) is 0 Å². The Morgan fingerprint density at radius 3 is 2.64 bits per heavy atom. The molecule has 6 heteroatoms. The number of aldehydes is 1. The van der Waals surface area contributed by atoms with E-state index < -0.39 is 23.6 Å². The number of halogens is 4. The van der Waals surface area contributed by atoms with Crippen molar-refractivity contribution in [1.82, 2.24) is 4.98 Å². The number of pyridine rings is 1. The first-order valence-electron chi connectivity index (χ1n) is 3.58. The first-order valence-corrected chi connectivity index (χ1v) is 4.12. The summed E-state index contributed by atoms with van der Waals surface area (Å²) in [6, 6.07) is 0.793. The highest BCUT2D eigenvalue weighted by Gasteiger charge is 2.19. The average molecular weight is 224 g/mol. The van der Waals surface area contributed by atoms with Crippen LogP contribution in [0.15, 0.2) is 6.07 Å². The lowest BCUT2D eigenvalue weighted by Gasteiger charge is -2.07. The minimum absolute atomic E-state index is 0.0840. The van der Waals surface area contributed by atoms with Crippen molar-refractivity contribution in [3.8, 4) is 0 Å². The molecule has 0 saturated carbocycles. The van der Waals surface area contributed by atoms with Gasteiger partial charge in [0.1, 0.15) is 5.69 Å². The number of carbonyl (C=O) groups excluding carboxylic acids is 1. The second-order valence-electron chi connectivity index (χ2n) is 2.46. The third-order valence-corrected chi connectivity index (χ3v) is 1.90. The fourth-order valence-corrected chi connectivity index (χ4v) is 1.27. The van der Waals surface area contributed by atoms with E-state index in [1.54, 1.807) is 0 Å². The fourth-order valence-electron chi connectivity index (χ4n) is 1.05. The smallest absolute Gasteiger partial charge is 0.266 e. The molecule has 0 radical (unpaired) electrons. The summed E-state index contributed by atoms with van der Waals surface area (Å²) < 4.78 is 37.5. The maximum atomic E-state index is 12.7. The average Bonchev–Trinajstić information content (AvgIpc) is 2.15. The number of hydrogen-bond acceptors (Lipinski definition) is 2. The van der Waals surface area contributed by atoms with Crippen molar-refractivity contribution in [1.29, 1.82) is 0 Å². The standard InChI is InChI=1S/C8H5ClF3NO/c9-2-4-1-6(10)13-5(3-14)7(4)8(11)12/h1,3,8H,2H2. The van der Waals surface area contributed by atoms with Crippen LogP contribution in [0.3, 0.4) is 0 Å². The number of aromatic nitrogens is 1.